The van der Waals surface area contributed by atoms with Gasteiger partial charge in [0.15, 0.2) is 0 Å². The van der Waals surface area contributed by atoms with E-state index in [1.54, 1.807) is 0 Å². The number of nitrogens with one attached hydrogen (secondary N) is 1. The Hall–Kier alpha value is -2.14. The number of piperidine rings is 1. The molecule has 1 aromatic heterocycles. The lowest BCUT2D eigenvalue weighted by Crippen LogP contribution is -2.44. The summed E-state index contributed by atoms with van der Waals surface area (Å²) in [4.78, 5) is 27.8. The van der Waals surface area contributed by atoms with Gasteiger partial charge in [-0.05, 0) is 35.8 Å². The fourth-order valence-electron chi connectivity index (χ4n) is 3.47. The van der Waals surface area contributed by atoms with Crippen LogP contribution in [0.15, 0.2) is 47.8 Å². The maximum absolute atomic E-state index is 12.8. The van der Waals surface area contributed by atoms with E-state index in [2.05, 4.69) is 31.3 Å². The average molecular weight is 371 g/mol. The van der Waals surface area contributed by atoms with Gasteiger partial charge in [-0.15, -0.1) is 11.3 Å². The summed E-state index contributed by atoms with van der Waals surface area (Å²) in [5.41, 5.74) is 1.14. The summed E-state index contributed by atoms with van der Waals surface area (Å²) in [5.74, 6) is 0.494. The van der Waals surface area contributed by atoms with Gasteiger partial charge in [0, 0.05) is 19.0 Å². The molecule has 1 aromatic carbocycles. The van der Waals surface area contributed by atoms with Crippen molar-refractivity contribution in [3.05, 3.63) is 58.3 Å². The SMILES string of the molecule is CC(C)C(NC(=O)C1CCN(C(=O)c2cccs2)CC1)c1ccccc1. The molecule has 4 nitrogen and oxygen atoms in total. The van der Waals surface area contributed by atoms with E-state index in [0.29, 0.717) is 19.0 Å². The zero-order valence-corrected chi connectivity index (χ0v) is 16.2. The Morgan fingerprint density at radius 2 is 1.77 bits per heavy atom. The van der Waals surface area contributed by atoms with Crippen molar-refractivity contribution < 1.29 is 9.59 Å². The van der Waals surface area contributed by atoms with Crippen LogP contribution in [-0.4, -0.2) is 29.8 Å². The largest absolute Gasteiger partial charge is 0.349 e. The second-order valence-corrected chi connectivity index (χ2v) is 8.13. The molecule has 1 unspecified atom stereocenters. The number of rotatable bonds is 5. The van der Waals surface area contributed by atoms with Crippen LogP contribution in [0.2, 0.25) is 0 Å². The van der Waals surface area contributed by atoms with Gasteiger partial charge in [-0.2, -0.15) is 0 Å². The summed E-state index contributed by atoms with van der Waals surface area (Å²) in [6.07, 6.45) is 1.45. The highest BCUT2D eigenvalue weighted by Crippen LogP contribution is 2.25. The van der Waals surface area contributed by atoms with E-state index in [4.69, 9.17) is 0 Å². The van der Waals surface area contributed by atoms with Crippen LogP contribution in [0, 0.1) is 11.8 Å². The Kier molecular flexibility index (Phi) is 6.09. The van der Waals surface area contributed by atoms with Gasteiger partial charge in [0.25, 0.3) is 5.91 Å². The van der Waals surface area contributed by atoms with Crippen molar-refractivity contribution in [3.8, 4) is 0 Å². The zero-order chi connectivity index (χ0) is 18.5. The number of hydrogen-bond donors (Lipinski definition) is 1. The van der Waals surface area contributed by atoms with Gasteiger partial charge in [0.1, 0.15) is 0 Å². The molecule has 5 heteroatoms. The van der Waals surface area contributed by atoms with Gasteiger partial charge in [-0.1, -0.05) is 50.2 Å². The fourth-order valence-corrected chi connectivity index (χ4v) is 4.16. The third kappa shape index (κ3) is 4.33. The van der Waals surface area contributed by atoms with Crippen molar-refractivity contribution in [1.82, 2.24) is 10.2 Å². The average Bonchev–Trinajstić information content (AvgIpc) is 3.20. The fraction of sp³-hybridized carbons (Fsp3) is 0.429. The highest BCUT2D eigenvalue weighted by atomic mass is 32.1. The second-order valence-electron chi connectivity index (χ2n) is 7.18. The van der Waals surface area contributed by atoms with Gasteiger partial charge >= 0.3 is 0 Å². The lowest BCUT2D eigenvalue weighted by atomic mass is 9.92. The molecule has 1 aliphatic heterocycles. The van der Waals surface area contributed by atoms with E-state index in [1.807, 2.05) is 40.6 Å². The van der Waals surface area contributed by atoms with E-state index in [0.717, 1.165) is 23.3 Å². The molecule has 1 aliphatic rings. The van der Waals surface area contributed by atoms with Crippen molar-refractivity contribution in [1.29, 1.82) is 0 Å². The first-order chi connectivity index (χ1) is 12.6. The molecule has 26 heavy (non-hydrogen) atoms. The van der Waals surface area contributed by atoms with Crippen LogP contribution in [-0.2, 0) is 4.79 Å². The zero-order valence-electron chi connectivity index (χ0n) is 15.4. The number of amides is 2. The number of thiophene rings is 1. The van der Waals surface area contributed by atoms with Crippen molar-refractivity contribution in [2.45, 2.75) is 32.7 Å². The highest BCUT2D eigenvalue weighted by Gasteiger charge is 2.30. The van der Waals surface area contributed by atoms with Crippen LogP contribution in [0.1, 0.15) is 48.0 Å². The Bertz CT molecular complexity index is 720. The predicted octanol–water partition coefficient (Wildman–Crippen LogP) is 4.11. The van der Waals surface area contributed by atoms with Gasteiger partial charge in [-0.3, -0.25) is 9.59 Å². The predicted molar refractivity (Wildman–Crippen MR) is 105 cm³/mol. The molecule has 0 radical (unpaired) electrons. The van der Waals surface area contributed by atoms with Crippen molar-refractivity contribution >= 4 is 23.2 Å². The van der Waals surface area contributed by atoms with Gasteiger partial charge < -0.3 is 10.2 Å². The first-order valence-corrected chi connectivity index (χ1v) is 10.1. The number of nitrogens with zero attached hydrogens (tertiary/aromatic N) is 1. The molecule has 2 aromatic rings. The number of carbonyl (C=O) groups is 2. The van der Waals surface area contributed by atoms with Gasteiger partial charge in [0.05, 0.1) is 10.9 Å². The highest BCUT2D eigenvalue weighted by molar-refractivity contribution is 7.12. The van der Waals surface area contributed by atoms with Crippen molar-refractivity contribution in [3.63, 3.8) is 0 Å². The van der Waals surface area contributed by atoms with Crippen LogP contribution in [0.3, 0.4) is 0 Å². The van der Waals surface area contributed by atoms with E-state index >= 15 is 0 Å². The topological polar surface area (TPSA) is 49.4 Å². The molecule has 0 aliphatic carbocycles. The summed E-state index contributed by atoms with van der Waals surface area (Å²) in [5, 5.41) is 5.15. The molecule has 0 bridgehead atoms. The molecule has 138 valence electrons. The smallest absolute Gasteiger partial charge is 0.263 e. The standard InChI is InChI=1S/C21H26N2O2S/c1-15(2)19(16-7-4-3-5-8-16)22-20(24)17-10-12-23(13-11-17)21(25)18-9-6-14-26-18/h3-9,14-15,17,19H,10-13H2,1-2H3,(H,22,24). The van der Waals surface area contributed by atoms with Crippen molar-refractivity contribution in [2.24, 2.45) is 11.8 Å². The molecule has 1 fully saturated rings. The minimum atomic E-state index is -0.0210. The monoisotopic (exact) mass is 370 g/mol. The number of carbonyl (C=O) groups excluding carboxylic acids is 2. The number of hydrogen-bond acceptors (Lipinski definition) is 3. The molecule has 0 saturated carbocycles. The number of likely N-dealkylation sites (tertiary alicyclic amines) is 1. The van der Waals surface area contributed by atoms with Crippen LogP contribution in [0.4, 0.5) is 0 Å². The lowest BCUT2D eigenvalue weighted by Gasteiger charge is -2.32. The third-order valence-electron chi connectivity index (χ3n) is 5.01. The Morgan fingerprint density at radius 3 is 2.35 bits per heavy atom. The minimum Gasteiger partial charge on any atom is -0.349 e. The summed E-state index contributed by atoms with van der Waals surface area (Å²) in [6.45, 7) is 5.54. The Morgan fingerprint density at radius 1 is 1.08 bits per heavy atom. The first-order valence-electron chi connectivity index (χ1n) is 9.24. The summed E-state index contributed by atoms with van der Waals surface area (Å²) in [7, 11) is 0. The number of benzene rings is 1. The molecule has 3 rings (SSSR count). The van der Waals surface area contributed by atoms with Crippen LogP contribution in [0.5, 0.6) is 0 Å². The Balaban J connectivity index is 1.57. The first kappa shape index (κ1) is 18.6. The molecule has 0 spiro atoms. The van der Waals surface area contributed by atoms with Crippen molar-refractivity contribution in [2.75, 3.05) is 13.1 Å². The van der Waals surface area contributed by atoms with Crippen LogP contribution >= 0.6 is 11.3 Å². The maximum atomic E-state index is 12.8. The minimum absolute atomic E-state index is 0.0210. The van der Waals surface area contributed by atoms with E-state index in [-0.39, 0.29) is 23.8 Å². The normalized spacial score (nSPS) is 16.5. The van der Waals surface area contributed by atoms with E-state index < -0.39 is 0 Å². The summed E-state index contributed by atoms with van der Waals surface area (Å²) < 4.78 is 0. The van der Waals surface area contributed by atoms with E-state index in [1.165, 1.54) is 11.3 Å². The molecular formula is C21H26N2O2S. The second kappa shape index (κ2) is 8.49. The Labute approximate surface area is 159 Å². The van der Waals surface area contributed by atoms with Crippen LogP contribution in [0.25, 0.3) is 0 Å². The molecule has 1 saturated heterocycles. The molecule has 1 N–H and O–H groups in total. The summed E-state index contributed by atoms with van der Waals surface area (Å²) >= 11 is 1.47. The van der Waals surface area contributed by atoms with E-state index in [9.17, 15) is 9.59 Å². The van der Waals surface area contributed by atoms with Gasteiger partial charge in [0.2, 0.25) is 5.91 Å². The summed E-state index contributed by atoms with van der Waals surface area (Å²) in [6, 6.07) is 13.9. The molecule has 2 amide bonds. The maximum Gasteiger partial charge on any atom is 0.263 e. The van der Waals surface area contributed by atoms with Crippen LogP contribution < -0.4 is 5.32 Å². The molecule has 1 atom stereocenters. The third-order valence-corrected chi connectivity index (χ3v) is 5.87. The quantitative estimate of drug-likeness (QED) is 0.861. The molecular weight excluding hydrogens is 344 g/mol. The van der Waals surface area contributed by atoms with Gasteiger partial charge in [-0.25, -0.2) is 0 Å². The molecule has 2 heterocycles. The lowest BCUT2D eigenvalue weighted by molar-refractivity contribution is -0.127.